The van der Waals surface area contributed by atoms with Crippen molar-refractivity contribution in [1.82, 2.24) is 0 Å². The monoisotopic (exact) mass is 272 g/mol. The van der Waals surface area contributed by atoms with Crippen LogP contribution in [0.3, 0.4) is 0 Å². The van der Waals surface area contributed by atoms with E-state index in [0.29, 0.717) is 11.4 Å². The molecule has 1 aromatic rings. The molecule has 20 heavy (non-hydrogen) atoms. The maximum atomic E-state index is 11.7. The molecule has 0 amide bonds. The molecule has 0 atom stereocenters. The van der Waals surface area contributed by atoms with Gasteiger partial charge in [-0.2, -0.15) is 0 Å². The van der Waals surface area contributed by atoms with Crippen LogP contribution in [0, 0.1) is 6.57 Å². The Balaban J connectivity index is 2.13. The Morgan fingerprint density at radius 3 is 2.20 bits per heavy atom. The highest BCUT2D eigenvalue weighted by Crippen LogP contribution is 2.23. The average molecular weight is 272 g/mol. The van der Waals surface area contributed by atoms with Gasteiger partial charge in [0.1, 0.15) is 0 Å². The first-order valence-corrected chi connectivity index (χ1v) is 5.82. The van der Waals surface area contributed by atoms with E-state index in [2.05, 4.69) is 10.2 Å². The normalized spacial score (nSPS) is 16.8. The lowest BCUT2D eigenvalue weighted by molar-refractivity contribution is -0.222. The van der Waals surface area contributed by atoms with Crippen LogP contribution in [0.4, 0.5) is 11.4 Å². The molecule has 1 N–H and O–H groups in total. The number of rotatable bonds is 2. The molecule has 6 heteroatoms. The number of carbonyl (C=O) groups is 2. The van der Waals surface area contributed by atoms with Crippen LogP contribution in [-0.4, -0.2) is 17.7 Å². The van der Waals surface area contributed by atoms with Crippen LogP contribution in [0.2, 0.25) is 0 Å². The predicted octanol–water partition coefficient (Wildman–Crippen LogP) is 2.37. The number of benzene rings is 1. The van der Waals surface area contributed by atoms with Crippen molar-refractivity contribution in [3.8, 4) is 0 Å². The average Bonchev–Trinajstić information content (AvgIpc) is 2.37. The zero-order valence-electron chi connectivity index (χ0n) is 11.0. The first-order chi connectivity index (χ1) is 9.41. The van der Waals surface area contributed by atoms with E-state index in [1.165, 1.54) is 20.0 Å². The van der Waals surface area contributed by atoms with Crippen molar-refractivity contribution in [3.05, 3.63) is 47.5 Å². The van der Waals surface area contributed by atoms with Gasteiger partial charge in [-0.1, -0.05) is 12.1 Å². The van der Waals surface area contributed by atoms with Crippen LogP contribution < -0.4 is 5.32 Å². The second-order valence-electron chi connectivity index (χ2n) is 4.54. The lowest BCUT2D eigenvalue weighted by atomic mass is 10.2. The Labute approximate surface area is 115 Å². The molecule has 1 aliphatic heterocycles. The number of nitrogens with one attached hydrogen (secondary N) is 1. The first kappa shape index (κ1) is 13.6. The number of nitrogens with zero attached hydrogens (tertiary/aromatic N) is 1. The van der Waals surface area contributed by atoms with Crippen molar-refractivity contribution in [2.75, 3.05) is 5.32 Å². The van der Waals surface area contributed by atoms with E-state index in [-0.39, 0.29) is 5.57 Å². The molecule has 1 aromatic carbocycles. The first-order valence-electron chi connectivity index (χ1n) is 5.82. The highest BCUT2D eigenvalue weighted by Gasteiger charge is 2.38. The minimum atomic E-state index is -1.25. The fourth-order valence-electron chi connectivity index (χ4n) is 1.57. The van der Waals surface area contributed by atoms with Gasteiger partial charge >= 0.3 is 11.9 Å². The summed E-state index contributed by atoms with van der Waals surface area (Å²) in [5.41, 5.74) is 0.926. The SMILES string of the molecule is [C-]#[N+]c1ccc(NC=C2C(=O)OC(C)(C)OC2=O)cc1. The summed E-state index contributed by atoms with van der Waals surface area (Å²) >= 11 is 0. The number of hydrogen-bond acceptors (Lipinski definition) is 5. The lowest BCUT2D eigenvalue weighted by Crippen LogP contribution is -2.42. The van der Waals surface area contributed by atoms with Crippen molar-refractivity contribution in [3.63, 3.8) is 0 Å². The highest BCUT2D eigenvalue weighted by molar-refractivity contribution is 6.15. The molecule has 0 bridgehead atoms. The van der Waals surface area contributed by atoms with Crippen molar-refractivity contribution in [1.29, 1.82) is 0 Å². The minimum absolute atomic E-state index is 0.210. The number of ether oxygens (including phenoxy) is 2. The van der Waals surface area contributed by atoms with Crippen molar-refractivity contribution in [2.45, 2.75) is 19.6 Å². The molecule has 2 rings (SSSR count). The molecule has 1 heterocycles. The van der Waals surface area contributed by atoms with Crippen LogP contribution in [-0.2, 0) is 19.1 Å². The summed E-state index contributed by atoms with van der Waals surface area (Å²) in [7, 11) is 0. The molecule has 1 aliphatic rings. The fourth-order valence-corrected chi connectivity index (χ4v) is 1.57. The zero-order valence-corrected chi connectivity index (χ0v) is 11.0. The molecule has 0 aliphatic carbocycles. The van der Waals surface area contributed by atoms with Crippen molar-refractivity contribution < 1.29 is 19.1 Å². The van der Waals surface area contributed by atoms with Gasteiger partial charge in [0, 0.05) is 25.7 Å². The summed E-state index contributed by atoms with van der Waals surface area (Å²) in [6.45, 7) is 9.80. The van der Waals surface area contributed by atoms with E-state index in [4.69, 9.17) is 16.0 Å². The third-order valence-corrected chi connectivity index (χ3v) is 2.50. The Morgan fingerprint density at radius 1 is 1.15 bits per heavy atom. The van der Waals surface area contributed by atoms with Gasteiger partial charge in [0.15, 0.2) is 11.3 Å². The number of cyclic esters (lactones) is 2. The smallest absolute Gasteiger partial charge is 0.350 e. The lowest BCUT2D eigenvalue weighted by Gasteiger charge is -2.29. The largest absolute Gasteiger partial charge is 0.419 e. The molecule has 102 valence electrons. The summed E-state index contributed by atoms with van der Waals surface area (Å²) in [6, 6.07) is 6.56. The number of hydrogen-bond donors (Lipinski definition) is 1. The summed E-state index contributed by atoms with van der Waals surface area (Å²) in [5, 5.41) is 2.79. The summed E-state index contributed by atoms with van der Waals surface area (Å²) < 4.78 is 9.90. The molecule has 1 fully saturated rings. The number of anilines is 1. The van der Waals surface area contributed by atoms with Gasteiger partial charge in [-0.25, -0.2) is 14.4 Å². The molecule has 0 saturated carbocycles. The van der Waals surface area contributed by atoms with E-state index in [1.54, 1.807) is 24.3 Å². The van der Waals surface area contributed by atoms with Crippen LogP contribution in [0.5, 0.6) is 0 Å². The van der Waals surface area contributed by atoms with E-state index in [1.807, 2.05) is 0 Å². The van der Waals surface area contributed by atoms with Gasteiger partial charge < -0.3 is 14.8 Å². The van der Waals surface area contributed by atoms with Crippen LogP contribution >= 0.6 is 0 Å². The third kappa shape index (κ3) is 2.95. The second kappa shape index (κ2) is 5.05. The zero-order chi connectivity index (χ0) is 14.8. The molecule has 0 spiro atoms. The Hall–Kier alpha value is -2.81. The van der Waals surface area contributed by atoms with E-state index in [0.717, 1.165) is 0 Å². The molecular formula is C14H12N2O4. The molecule has 6 nitrogen and oxygen atoms in total. The standard InChI is InChI=1S/C14H12N2O4/c1-14(2)19-12(17)11(13(18)20-14)8-16-10-6-4-9(15-3)5-7-10/h4-8,16H,1-2H3. The van der Waals surface area contributed by atoms with Gasteiger partial charge in [-0.15, -0.1) is 0 Å². The van der Waals surface area contributed by atoms with Gasteiger partial charge in [0.2, 0.25) is 0 Å². The van der Waals surface area contributed by atoms with Crippen molar-refractivity contribution >= 4 is 23.3 Å². The van der Waals surface area contributed by atoms with Gasteiger partial charge in [-0.3, -0.25) is 0 Å². The third-order valence-electron chi connectivity index (χ3n) is 2.50. The van der Waals surface area contributed by atoms with E-state index in [9.17, 15) is 9.59 Å². The van der Waals surface area contributed by atoms with E-state index < -0.39 is 17.7 Å². The van der Waals surface area contributed by atoms with Crippen LogP contribution in [0.25, 0.3) is 4.85 Å². The summed E-state index contributed by atoms with van der Waals surface area (Å²) in [5.74, 6) is -2.73. The quantitative estimate of drug-likeness (QED) is 0.387. The van der Waals surface area contributed by atoms with Crippen LogP contribution in [0.15, 0.2) is 36.0 Å². The maximum Gasteiger partial charge on any atom is 0.350 e. The highest BCUT2D eigenvalue weighted by atomic mass is 16.7. The molecule has 0 aromatic heterocycles. The summed E-state index contributed by atoms with van der Waals surface area (Å²) in [4.78, 5) is 26.6. The topological polar surface area (TPSA) is 69.0 Å². The predicted molar refractivity (Wildman–Crippen MR) is 70.7 cm³/mol. The maximum absolute atomic E-state index is 11.7. The Morgan fingerprint density at radius 2 is 1.70 bits per heavy atom. The van der Waals surface area contributed by atoms with Gasteiger partial charge in [0.05, 0.1) is 6.57 Å². The molecule has 0 unspecified atom stereocenters. The fraction of sp³-hybridized carbons (Fsp3) is 0.214. The number of carbonyl (C=O) groups excluding carboxylic acids is 2. The summed E-state index contributed by atoms with van der Waals surface area (Å²) in [6.07, 6.45) is 1.23. The van der Waals surface area contributed by atoms with Gasteiger partial charge in [0.25, 0.3) is 5.79 Å². The van der Waals surface area contributed by atoms with E-state index >= 15 is 0 Å². The Kier molecular flexibility index (Phi) is 3.44. The number of esters is 2. The van der Waals surface area contributed by atoms with Crippen molar-refractivity contribution in [2.24, 2.45) is 0 Å². The molecule has 1 saturated heterocycles. The van der Waals surface area contributed by atoms with Gasteiger partial charge in [-0.05, 0) is 12.1 Å². The van der Waals surface area contributed by atoms with Crippen LogP contribution in [0.1, 0.15) is 13.8 Å². The molecular weight excluding hydrogens is 260 g/mol. The Bertz CT molecular complexity index is 602. The molecule has 0 radical (unpaired) electrons. The minimum Gasteiger partial charge on any atom is -0.419 e. The second-order valence-corrected chi connectivity index (χ2v) is 4.54.